The molecule has 1 aromatic heterocycles. The van der Waals surface area contributed by atoms with Gasteiger partial charge in [-0.1, -0.05) is 23.7 Å². The largest absolute Gasteiger partial charge is 0.439 e. The van der Waals surface area contributed by atoms with Crippen LogP contribution in [0.1, 0.15) is 11.1 Å². The molecule has 0 saturated heterocycles. The maximum atomic E-state index is 12.8. The van der Waals surface area contributed by atoms with Gasteiger partial charge >= 0.3 is 12.4 Å². The fourth-order valence-corrected chi connectivity index (χ4v) is 2.46. The summed E-state index contributed by atoms with van der Waals surface area (Å²) in [5.74, 6) is -0.697. The Morgan fingerprint density at radius 1 is 0.655 bits per heavy atom. The van der Waals surface area contributed by atoms with Crippen molar-refractivity contribution in [3.8, 4) is 23.3 Å². The first-order valence-electron chi connectivity index (χ1n) is 7.88. The van der Waals surface area contributed by atoms with E-state index in [0.717, 1.165) is 36.4 Å². The summed E-state index contributed by atoms with van der Waals surface area (Å²) < 4.78 is 87.4. The van der Waals surface area contributed by atoms with Crippen LogP contribution in [0.2, 0.25) is 5.02 Å². The molecule has 0 aliphatic rings. The summed E-state index contributed by atoms with van der Waals surface area (Å²) in [5.41, 5.74) is -1.84. The van der Waals surface area contributed by atoms with Crippen molar-refractivity contribution in [2.75, 3.05) is 0 Å². The maximum absolute atomic E-state index is 12.8. The van der Waals surface area contributed by atoms with E-state index in [1.807, 2.05) is 0 Å². The predicted molar refractivity (Wildman–Crippen MR) is 92.3 cm³/mol. The van der Waals surface area contributed by atoms with Crippen LogP contribution in [0.25, 0.3) is 0 Å². The van der Waals surface area contributed by atoms with Crippen LogP contribution in [-0.4, -0.2) is 4.98 Å². The number of nitrogens with zero attached hydrogens (tertiary/aromatic N) is 1. The number of benzene rings is 2. The summed E-state index contributed by atoms with van der Waals surface area (Å²) in [6.45, 7) is 0. The summed E-state index contributed by atoms with van der Waals surface area (Å²) in [5, 5.41) is 0.0592. The quantitative estimate of drug-likeness (QED) is 0.403. The highest BCUT2D eigenvalue weighted by atomic mass is 35.5. The number of hydrogen-bond acceptors (Lipinski definition) is 3. The number of rotatable bonds is 4. The van der Waals surface area contributed by atoms with E-state index in [-0.39, 0.29) is 28.3 Å². The Morgan fingerprint density at radius 2 is 1.07 bits per heavy atom. The second kappa shape index (κ2) is 7.82. The molecule has 0 spiro atoms. The molecule has 3 nitrogen and oxygen atoms in total. The van der Waals surface area contributed by atoms with Gasteiger partial charge in [0.15, 0.2) is 0 Å². The second-order valence-corrected chi connectivity index (χ2v) is 6.15. The molecule has 0 bridgehead atoms. The van der Waals surface area contributed by atoms with E-state index in [9.17, 15) is 26.3 Å². The van der Waals surface area contributed by atoms with E-state index in [1.54, 1.807) is 0 Å². The molecular formula is C19H10ClF6NO2. The number of pyridine rings is 1. The average molecular weight is 434 g/mol. The van der Waals surface area contributed by atoms with E-state index in [0.29, 0.717) is 0 Å². The van der Waals surface area contributed by atoms with E-state index < -0.39 is 23.5 Å². The maximum Gasteiger partial charge on any atom is 0.416 e. The molecule has 3 aromatic rings. The van der Waals surface area contributed by atoms with Crippen LogP contribution >= 0.6 is 11.6 Å². The number of aromatic nitrogens is 1. The van der Waals surface area contributed by atoms with Gasteiger partial charge in [0.2, 0.25) is 11.8 Å². The lowest BCUT2D eigenvalue weighted by Gasteiger charge is -2.12. The van der Waals surface area contributed by atoms with Gasteiger partial charge in [0.05, 0.1) is 16.1 Å². The minimum Gasteiger partial charge on any atom is -0.439 e. The Hall–Kier alpha value is -2.94. The third-order valence-electron chi connectivity index (χ3n) is 3.51. The number of ether oxygens (including phenoxy) is 2. The van der Waals surface area contributed by atoms with Crippen molar-refractivity contribution in [1.29, 1.82) is 0 Å². The second-order valence-electron chi connectivity index (χ2n) is 5.72. The molecule has 0 fully saturated rings. The molecule has 0 aliphatic heterocycles. The Balaban J connectivity index is 1.84. The molecule has 0 atom stereocenters. The van der Waals surface area contributed by atoms with Crippen molar-refractivity contribution < 1.29 is 35.8 Å². The topological polar surface area (TPSA) is 31.4 Å². The van der Waals surface area contributed by atoms with Gasteiger partial charge in [-0.15, -0.1) is 0 Å². The van der Waals surface area contributed by atoms with Crippen molar-refractivity contribution in [2.24, 2.45) is 0 Å². The van der Waals surface area contributed by atoms with E-state index in [2.05, 4.69) is 4.98 Å². The molecule has 10 heteroatoms. The molecule has 0 N–H and O–H groups in total. The van der Waals surface area contributed by atoms with Gasteiger partial charge in [-0.2, -0.15) is 31.3 Å². The fraction of sp³-hybridized carbons (Fsp3) is 0.105. The summed E-state index contributed by atoms with van der Waals surface area (Å²) in [7, 11) is 0. The van der Waals surface area contributed by atoms with Gasteiger partial charge in [0, 0.05) is 12.1 Å². The Bertz CT molecular complexity index is 942. The predicted octanol–water partition coefficient (Wildman–Crippen LogP) is 7.36. The minimum absolute atomic E-state index is 0.0592. The zero-order chi connectivity index (χ0) is 21.2. The van der Waals surface area contributed by atoms with E-state index >= 15 is 0 Å². The first kappa shape index (κ1) is 20.8. The number of halogens is 7. The third-order valence-corrected chi connectivity index (χ3v) is 3.73. The highest BCUT2D eigenvalue weighted by Gasteiger charge is 2.31. The molecule has 0 aliphatic carbocycles. The summed E-state index contributed by atoms with van der Waals surface area (Å²) in [4.78, 5) is 3.92. The van der Waals surface area contributed by atoms with Crippen molar-refractivity contribution in [3.05, 3.63) is 76.8 Å². The number of hydrogen-bond donors (Lipinski definition) is 0. The molecular weight excluding hydrogens is 424 g/mol. The first-order valence-corrected chi connectivity index (χ1v) is 8.26. The Labute approximate surface area is 165 Å². The molecule has 1 heterocycles. The number of alkyl halides is 6. The lowest BCUT2D eigenvalue weighted by molar-refractivity contribution is -0.138. The molecule has 2 aromatic carbocycles. The SMILES string of the molecule is FC(F)(F)c1cccc(Oc2cc(Cl)cc(Oc3cccc(C(F)(F)F)c3)n2)c1. The third kappa shape index (κ3) is 5.54. The molecule has 152 valence electrons. The monoisotopic (exact) mass is 433 g/mol. The lowest BCUT2D eigenvalue weighted by Crippen LogP contribution is -2.05. The van der Waals surface area contributed by atoms with Gasteiger partial charge in [-0.3, -0.25) is 0 Å². The standard InChI is InChI=1S/C19H10ClF6NO2/c20-13-9-16(28-14-5-1-3-11(7-14)18(21,22)23)27-17(10-13)29-15-6-2-4-12(8-15)19(24,25)26/h1-10H. The Morgan fingerprint density at radius 3 is 1.45 bits per heavy atom. The van der Waals surface area contributed by atoms with Crippen LogP contribution in [-0.2, 0) is 12.4 Å². The molecule has 0 radical (unpaired) electrons. The van der Waals surface area contributed by atoms with E-state index in [4.69, 9.17) is 21.1 Å². The van der Waals surface area contributed by atoms with Crippen LogP contribution in [0.5, 0.6) is 23.3 Å². The van der Waals surface area contributed by atoms with Crippen molar-refractivity contribution in [3.63, 3.8) is 0 Å². The molecule has 29 heavy (non-hydrogen) atoms. The fourth-order valence-electron chi connectivity index (χ4n) is 2.27. The summed E-state index contributed by atoms with van der Waals surface area (Å²) >= 11 is 5.93. The minimum atomic E-state index is -4.56. The van der Waals surface area contributed by atoms with Gasteiger partial charge in [0.1, 0.15) is 11.5 Å². The highest BCUT2D eigenvalue weighted by molar-refractivity contribution is 6.30. The normalized spacial score (nSPS) is 12.0. The van der Waals surface area contributed by atoms with Crippen LogP contribution < -0.4 is 9.47 Å². The van der Waals surface area contributed by atoms with Crippen molar-refractivity contribution in [2.45, 2.75) is 12.4 Å². The zero-order valence-corrected chi connectivity index (χ0v) is 14.9. The Kier molecular flexibility index (Phi) is 5.61. The summed E-state index contributed by atoms with van der Waals surface area (Å²) in [6.07, 6.45) is -9.11. The summed E-state index contributed by atoms with van der Waals surface area (Å²) in [6, 6.07) is 10.6. The van der Waals surface area contributed by atoms with Crippen LogP contribution in [0.15, 0.2) is 60.7 Å². The van der Waals surface area contributed by atoms with Gasteiger partial charge in [-0.05, 0) is 36.4 Å². The molecule has 0 saturated carbocycles. The highest BCUT2D eigenvalue weighted by Crippen LogP contribution is 2.35. The average Bonchev–Trinajstić information content (AvgIpc) is 2.60. The van der Waals surface area contributed by atoms with Gasteiger partial charge in [0.25, 0.3) is 0 Å². The van der Waals surface area contributed by atoms with Crippen molar-refractivity contribution in [1.82, 2.24) is 4.98 Å². The van der Waals surface area contributed by atoms with Gasteiger partial charge in [-0.25, -0.2) is 0 Å². The van der Waals surface area contributed by atoms with Crippen LogP contribution in [0, 0.1) is 0 Å². The van der Waals surface area contributed by atoms with Crippen molar-refractivity contribution >= 4 is 11.6 Å². The lowest BCUT2D eigenvalue weighted by atomic mass is 10.2. The van der Waals surface area contributed by atoms with Crippen LogP contribution in [0.3, 0.4) is 0 Å². The molecule has 0 amide bonds. The smallest absolute Gasteiger partial charge is 0.416 e. The zero-order valence-electron chi connectivity index (χ0n) is 14.2. The first-order chi connectivity index (χ1) is 13.5. The molecule has 0 unspecified atom stereocenters. The van der Waals surface area contributed by atoms with Gasteiger partial charge < -0.3 is 9.47 Å². The van der Waals surface area contributed by atoms with Crippen LogP contribution in [0.4, 0.5) is 26.3 Å². The molecule has 3 rings (SSSR count). The van der Waals surface area contributed by atoms with E-state index in [1.165, 1.54) is 24.3 Å².